The lowest BCUT2D eigenvalue weighted by atomic mass is 10.2. The molecule has 0 aromatic heterocycles. The lowest BCUT2D eigenvalue weighted by Gasteiger charge is -2.17. The molecule has 0 fully saturated rings. The van der Waals surface area contributed by atoms with Crippen molar-refractivity contribution in [1.29, 1.82) is 0 Å². The molecule has 1 aromatic carbocycles. The largest absolute Gasteiger partial charge is 0.529 e. The van der Waals surface area contributed by atoms with E-state index in [0.29, 0.717) is 23.7 Å². The minimum absolute atomic E-state index is 0.292. The molecule has 0 amide bonds. The van der Waals surface area contributed by atoms with Gasteiger partial charge >= 0.3 is 7.82 Å². The molecule has 1 rings (SSSR count). The highest BCUT2D eigenvalue weighted by Gasteiger charge is 2.26. The van der Waals surface area contributed by atoms with Crippen LogP contribution in [0.2, 0.25) is 0 Å². The number of methoxy groups -OCH3 is 2. The number of phosphoric ester groups is 1. The van der Waals surface area contributed by atoms with Crippen LogP contribution in [0.4, 0.5) is 0 Å². The summed E-state index contributed by atoms with van der Waals surface area (Å²) in [6.07, 6.45) is 0. The molecule has 1 aromatic rings. The van der Waals surface area contributed by atoms with E-state index in [1.165, 1.54) is 14.2 Å². The summed E-state index contributed by atoms with van der Waals surface area (Å²) in [4.78, 5) is 0. The highest BCUT2D eigenvalue weighted by atomic mass is 31.2. The summed E-state index contributed by atoms with van der Waals surface area (Å²) in [6, 6.07) is 5.04. The lowest BCUT2D eigenvalue weighted by molar-refractivity contribution is 0.178. The second-order valence-electron chi connectivity index (χ2n) is 3.31. The zero-order valence-corrected chi connectivity index (χ0v) is 11.7. The van der Waals surface area contributed by atoms with Crippen molar-refractivity contribution in [2.45, 2.75) is 6.61 Å². The number of ether oxygens (including phenoxy) is 2. The van der Waals surface area contributed by atoms with Gasteiger partial charge in [-0.1, -0.05) is 0 Å². The van der Waals surface area contributed by atoms with Gasteiger partial charge in [-0.05, 0) is 18.2 Å². The second-order valence-corrected chi connectivity index (χ2v) is 5.12. The summed E-state index contributed by atoms with van der Waals surface area (Å²) in [5.41, 5.74) is 0.686. The molecule has 0 spiro atoms. The van der Waals surface area contributed by atoms with Crippen LogP contribution < -0.4 is 9.26 Å². The molecule has 0 bridgehead atoms. The van der Waals surface area contributed by atoms with Gasteiger partial charge in [0.1, 0.15) is 11.5 Å². The van der Waals surface area contributed by atoms with Gasteiger partial charge in [-0.2, -0.15) is 0 Å². The van der Waals surface area contributed by atoms with E-state index < -0.39 is 7.82 Å². The predicted molar refractivity (Wildman–Crippen MR) is 66.0 cm³/mol. The van der Waals surface area contributed by atoms with Crippen molar-refractivity contribution >= 4 is 7.82 Å². The van der Waals surface area contributed by atoms with E-state index in [1.54, 1.807) is 32.4 Å². The van der Waals surface area contributed by atoms with Crippen LogP contribution in [-0.2, 0) is 25.0 Å². The Morgan fingerprint density at radius 1 is 1.11 bits per heavy atom. The zero-order valence-electron chi connectivity index (χ0n) is 10.8. The topological polar surface area (TPSA) is 63.2 Å². The molecule has 0 aliphatic heterocycles. The van der Waals surface area contributed by atoms with Crippen LogP contribution in [0, 0.1) is 0 Å². The van der Waals surface area contributed by atoms with Crippen LogP contribution in [0.5, 0.6) is 11.5 Å². The van der Waals surface area contributed by atoms with Crippen LogP contribution >= 0.6 is 7.82 Å². The quantitative estimate of drug-likeness (QED) is 0.713. The number of benzene rings is 1. The third kappa shape index (κ3) is 3.71. The van der Waals surface area contributed by atoms with Crippen molar-refractivity contribution < 1.29 is 27.6 Å². The van der Waals surface area contributed by atoms with Crippen molar-refractivity contribution in [3.63, 3.8) is 0 Å². The van der Waals surface area contributed by atoms with Gasteiger partial charge in [-0.3, -0.25) is 9.05 Å². The third-order valence-corrected chi connectivity index (χ3v) is 3.54. The van der Waals surface area contributed by atoms with Gasteiger partial charge in [0.15, 0.2) is 0 Å². The van der Waals surface area contributed by atoms with Gasteiger partial charge in [0.25, 0.3) is 0 Å². The smallest absolute Gasteiger partial charge is 0.497 e. The van der Waals surface area contributed by atoms with Crippen molar-refractivity contribution in [3.05, 3.63) is 23.8 Å². The summed E-state index contributed by atoms with van der Waals surface area (Å²) in [5.74, 6) is 1.02. The average molecular weight is 276 g/mol. The van der Waals surface area contributed by atoms with Crippen molar-refractivity contribution in [2.75, 3.05) is 28.4 Å². The first kappa shape index (κ1) is 15.0. The molecule has 7 heteroatoms. The maximum Gasteiger partial charge on any atom is 0.529 e. The van der Waals surface area contributed by atoms with Crippen LogP contribution in [0.15, 0.2) is 18.2 Å². The van der Waals surface area contributed by atoms with E-state index in [9.17, 15) is 4.57 Å². The maximum atomic E-state index is 11.9. The molecule has 0 aliphatic carbocycles. The molecule has 0 unspecified atom stereocenters. The molecule has 102 valence electrons. The molecule has 18 heavy (non-hydrogen) atoms. The van der Waals surface area contributed by atoms with E-state index in [4.69, 9.17) is 23.0 Å². The average Bonchev–Trinajstić information content (AvgIpc) is 2.41. The molecule has 0 saturated heterocycles. The normalized spacial score (nSPS) is 11.3. The Labute approximate surface area is 106 Å². The Morgan fingerprint density at radius 2 is 1.78 bits per heavy atom. The second kappa shape index (κ2) is 6.75. The molecule has 0 radical (unpaired) electrons. The fraction of sp³-hybridized carbons (Fsp3) is 0.455. The monoisotopic (exact) mass is 276 g/mol. The Morgan fingerprint density at radius 3 is 2.28 bits per heavy atom. The first-order valence-electron chi connectivity index (χ1n) is 5.15. The van der Waals surface area contributed by atoms with Crippen molar-refractivity contribution in [3.8, 4) is 11.5 Å². The van der Waals surface area contributed by atoms with Gasteiger partial charge < -0.3 is 14.0 Å². The van der Waals surface area contributed by atoms with Gasteiger partial charge in [-0.15, -0.1) is 0 Å². The number of hydrogen-bond acceptors (Lipinski definition) is 6. The minimum Gasteiger partial charge on any atom is -0.497 e. The molecule has 0 N–H and O–H groups in total. The first-order chi connectivity index (χ1) is 8.58. The molecular weight excluding hydrogens is 259 g/mol. The molecule has 0 aliphatic rings. The Bertz CT molecular complexity index is 426. The van der Waals surface area contributed by atoms with Crippen molar-refractivity contribution in [2.24, 2.45) is 0 Å². The summed E-state index contributed by atoms with van der Waals surface area (Å²) < 4.78 is 36.7. The predicted octanol–water partition coefficient (Wildman–Crippen LogP) is 2.62. The van der Waals surface area contributed by atoms with E-state index in [2.05, 4.69) is 0 Å². The molecule has 0 heterocycles. The number of phosphoric acid groups is 1. The zero-order chi connectivity index (χ0) is 13.6. The number of rotatable bonds is 7. The Balaban J connectivity index is 3.03. The first-order valence-corrected chi connectivity index (χ1v) is 6.61. The SMILES string of the molecule is COCc1cc(OC)ccc1OP(=O)(OC)OC. The Hall–Kier alpha value is -1.07. The lowest BCUT2D eigenvalue weighted by Crippen LogP contribution is -2.01. The van der Waals surface area contributed by atoms with Gasteiger partial charge in [0.05, 0.1) is 13.7 Å². The van der Waals surface area contributed by atoms with E-state index in [-0.39, 0.29) is 0 Å². The summed E-state index contributed by atoms with van der Waals surface area (Å²) in [7, 11) is 2.04. The van der Waals surface area contributed by atoms with Crippen molar-refractivity contribution in [1.82, 2.24) is 0 Å². The van der Waals surface area contributed by atoms with Gasteiger partial charge in [0.2, 0.25) is 0 Å². The molecule has 0 atom stereocenters. The fourth-order valence-electron chi connectivity index (χ4n) is 1.31. The minimum atomic E-state index is -3.57. The van der Waals surface area contributed by atoms with Gasteiger partial charge in [0, 0.05) is 26.9 Å². The highest BCUT2D eigenvalue weighted by Crippen LogP contribution is 2.48. The standard InChI is InChI=1S/C11H17O6P/c1-13-8-9-7-10(14-2)5-6-11(9)17-18(12,15-3)16-4/h5-7H,8H2,1-4H3. The van der Waals surface area contributed by atoms with Gasteiger partial charge in [-0.25, -0.2) is 4.57 Å². The maximum absolute atomic E-state index is 11.9. The van der Waals surface area contributed by atoms with Crippen LogP contribution in [-0.4, -0.2) is 28.4 Å². The number of hydrogen-bond donors (Lipinski definition) is 0. The summed E-state index contributed by atoms with van der Waals surface area (Å²) in [6.45, 7) is 0.292. The van der Waals surface area contributed by atoms with E-state index in [0.717, 1.165) is 0 Å². The van der Waals surface area contributed by atoms with Crippen LogP contribution in [0.25, 0.3) is 0 Å². The summed E-state index contributed by atoms with van der Waals surface area (Å²) in [5, 5.41) is 0. The van der Waals surface area contributed by atoms with Crippen LogP contribution in [0.1, 0.15) is 5.56 Å². The fourth-order valence-corrected chi connectivity index (χ4v) is 2.03. The molecule has 0 saturated carbocycles. The third-order valence-electron chi connectivity index (χ3n) is 2.22. The highest BCUT2D eigenvalue weighted by molar-refractivity contribution is 7.48. The molecular formula is C11H17O6P. The molecule has 6 nitrogen and oxygen atoms in total. The van der Waals surface area contributed by atoms with E-state index >= 15 is 0 Å². The Kier molecular flexibility index (Phi) is 5.62. The van der Waals surface area contributed by atoms with E-state index in [1.807, 2.05) is 0 Å². The summed E-state index contributed by atoms with van der Waals surface area (Å²) >= 11 is 0. The van der Waals surface area contributed by atoms with Crippen LogP contribution in [0.3, 0.4) is 0 Å².